The lowest BCUT2D eigenvalue weighted by atomic mass is 9.91. The smallest absolute Gasteiger partial charge is 0.455 e. The molecule has 5 aromatic rings. The summed E-state index contributed by atoms with van der Waals surface area (Å²) in [6.45, 7) is 16.1. The van der Waals surface area contributed by atoms with Crippen LogP contribution in [-0.2, 0) is 29.3 Å². The molecule has 3 N–H and O–H groups in total. The maximum absolute atomic E-state index is 14.1. The van der Waals surface area contributed by atoms with E-state index in [1.807, 2.05) is 42.5 Å². The number of morpholine rings is 1. The summed E-state index contributed by atoms with van der Waals surface area (Å²) < 4.78 is 115. The number of piperidine rings is 1. The zero-order valence-corrected chi connectivity index (χ0v) is 46.9. The number of nitrogens with zero attached hydrogens (tertiary/aromatic N) is 6. The summed E-state index contributed by atoms with van der Waals surface area (Å²) >= 11 is 6.35. The van der Waals surface area contributed by atoms with Crippen LogP contribution in [0.2, 0.25) is 5.02 Å². The number of ether oxygens (including phenoxy) is 3. The van der Waals surface area contributed by atoms with Gasteiger partial charge in [-0.1, -0.05) is 23.7 Å². The SMILES string of the molecule is CC(C)(C)OC(=O)N1CCC(CN2CCC(CN3CCN(c4ccc(C(=O)NS(=O)(=O)c5ccc(NCCCN6CCOCC6)c(S(=O)(=O)C(F)(F)F)c5)c(Oc5cnc6[nH]ccc6c5)c4)CC3)=C(c3ccc(Cl)cc3)C2)CC1. The summed E-state index contributed by atoms with van der Waals surface area (Å²) in [7, 11) is -11.0. The second kappa shape index (κ2) is 24.4. The van der Waals surface area contributed by atoms with Crippen LogP contribution < -0.4 is 19.7 Å². The molecule has 24 heteroatoms. The fourth-order valence-electron chi connectivity index (χ4n) is 10.4. The number of hydrogen-bond donors (Lipinski definition) is 3. The van der Waals surface area contributed by atoms with Crippen LogP contribution in [0.1, 0.15) is 62.4 Å². The molecule has 4 aliphatic heterocycles. The number of aromatic amines is 1. The first-order valence-corrected chi connectivity index (χ1v) is 29.9. The summed E-state index contributed by atoms with van der Waals surface area (Å²) in [5.41, 5.74) is -1.91. The van der Waals surface area contributed by atoms with E-state index >= 15 is 0 Å². The predicted molar refractivity (Wildman–Crippen MR) is 296 cm³/mol. The summed E-state index contributed by atoms with van der Waals surface area (Å²) in [5, 5.41) is 4.10. The van der Waals surface area contributed by atoms with Gasteiger partial charge in [-0.3, -0.25) is 19.5 Å². The molecule has 3 saturated heterocycles. The molecule has 0 bridgehead atoms. The van der Waals surface area contributed by atoms with Crippen LogP contribution in [0.4, 0.5) is 29.3 Å². The van der Waals surface area contributed by atoms with Crippen molar-refractivity contribution in [3.63, 3.8) is 0 Å². The number of pyridine rings is 1. The zero-order valence-electron chi connectivity index (χ0n) is 44.5. The highest BCUT2D eigenvalue weighted by atomic mass is 35.5. The maximum atomic E-state index is 14.1. The molecule has 3 fully saturated rings. The Balaban J connectivity index is 0.891. The van der Waals surface area contributed by atoms with E-state index in [2.05, 4.69) is 47.0 Å². The highest BCUT2D eigenvalue weighted by Crippen LogP contribution is 2.38. The molecule has 0 radical (unpaired) electrons. The van der Waals surface area contributed by atoms with Gasteiger partial charge in [0, 0.05) is 113 Å². The lowest BCUT2D eigenvalue weighted by Gasteiger charge is -2.40. The monoisotopic (exact) mass is 1150 g/mol. The highest BCUT2D eigenvalue weighted by molar-refractivity contribution is 7.92. The van der Waals surface area contributed by atoms with Gasteiger partial charge >= 0.3 is 11.6 Å². The lowest BCUT2D eigenvalue weighted by Crippen LogP contribution is -2.48. The molecular formula is C55H67ClF3N9O9S2. The number of rotatable bonds is 17. The molecule has 9 rings (SSSR count). The minimum atomic E-state index is -6.06. The molecule has 6 heterocycles. The van der Waals surface area contributed by atoms with Crippen molar-refractivity contribution in [1.29, 1.82) is 0 Å². The number of H-pyrrole nitrogens is 1. The third kappa shape index (κ3) is 14.5. The molecule has 18 nitrogen and oxygen atoms in total. The number of sulfonamides is 1. The van der Waals surface area contributed by atoms with Crippen LogP contribution in [0.3, 0.4) is 0 Å². The fourth-order valence-corrected chi connectivity index (χ4v) is 12.5. The van der Waals surface area contributed by atoms with E-state index in [0.29, 0.717) is 112 Å². The highest BCUT2D eigenvalue weighted by Gasteiger charge is 2.48. The topological polar surface area (TPSA) is 199 Å². The van der Waals surface area contributed by atoms with Gasteiger partial charge in [0.05, 0.1) is 35.6 Å². The molecule has 3 aromatic carbocycles. The number of piperazine rings is 1. The Morgan fingerprint density at radius 1 is 0.848 bits per heavy atom. The van der Waals surface area contributed by atoms with Crippen LogP contribution >= 0.6 is 11.6 Å². The van der Waals surface area contributed by atoms with Crippen LogP contribution in [-0.4, -0.2) is 174 Å². The van der Waals surface area contributed by atoms with Crippen molar-refractivity contribution >= 4 is 71.4 Å². The van der Waals surface area contributed by atoms with Crippen LogP contribution in [0.25, 0.3) is 16.6 Å². The summed E-state index contributed by atoms with van der Waals surface area (Å²) in [6.07, 6.45) is 6.05. The molecular weight excluding hydrogens is 1090 g/mol. The van der Waals surface area contributed by atoms with Crippen molar-refractivity contribution in [2.45, 2.75) is 67.4 Å². The quantitative estimate of drug-likeness (QED) is 0.0749. The first-order chi connectivity index (χ1) is 37.6. The molecule has 0 unspecified atom stereocenters. The largest absolute Gasteiger partial charge is 0.501 e. The van der Waals surface area contributed by atoms with Crippen molar-refractivity contribution in [2.24, 2.45) is 5.92 Å². The van der Waals surface area contributed by atoms with Crippen LogP contribution in [0, 0.1) is 5.92 Å². The fraction of sp³-hybridized carbons (Fsp3) is 0.473. The van der Waals surface area contributed by atoms with E-state index in [0.717, 1.165) is 63.1 Å². The van der Waals surface area contributed by atoms with Crippen molar-refractivity contribution in [1.82, 2.24) is 34.3 Å². The van der Waals surface area contributed by atoms with Gasteiger partial charge in [0.2, 0.25) is 0 Å². The molecule has 2 aromatic heterocycles. The van der Waals surface area contributed by atoms with Gasteiger partial charge in [-0.05, 0) is 130 Å². The maximum Gasteiger partial charge on any atom is 0.501 e. The second-order valence-corrected chi connectivity index (χ2v) is 25.4. The molecule has 0 saturated carbocycles. The molecule has 79 heavy (non-hydrogen) atoms. The molecule has 0 spiro atoms. The number of likely N-dealkylation sites (tertiary alicyclic amines) is 1. The lowest BCUT2D eigenvalue weighted by molar-refractivity contribution is -0.0436. The number of amides is 2. The molecule has 0 atom stereocenters. The Labute approximate surface area is 464 Å². The number of aromatic nitrogens is 2. The third-order valence-electron chi connectivity index (χ3n) is 14.6. The Morgan fingerprint density at radius 2 is 1.58 bits per heavy atom. The van der Waals surface area contributed by atoms with Gasteiger partial charge in [-0.2, -0.15) is 13.2 Å². The van der Waals surface area contributed by atoms with E-state index in [1.54, 1.807) is 30.5 Å². The molecule has 4 aliphatic rings. The van der Waals surface area contributed by atoms with Gasteiger partial charge < -0.3 is 34.3 Å². The number of fused-ring (bicyclic) bond motifs is 1. The van der Waals surface area contributed by atoms with E-state index in [9.17, 15) is 39.6 Å². The second-order valence-electron chi connectivity index (χ2n) is 21.4. The average Bonchev–Trinajstić information content (AvgIpc) is 4.00. The number of benzene rings is 3. The Morgan fingerprint density at radius 3 is 2.29 bits per heavy atom. The summed E-state index contributed by atoms with van der Waals surface area (Å²) in [6, 6.07) is 18.5. The summed E-state index contributed by atoms with van der Waals surface area (Å²) in [5.74, 6) is -0.507. The van der Waals surface area contributed by atoms with Gasteiger partial charge in [0.1, 0.15) is 27.6 Å². The summed E-state index contributed by atoms with van der Waals surface area (Å²) in [4.78, 5) is 43.1. The number of halogens is 4. The van der Waals surface area contributed by atoms with Gasteiger partial charge in [0.15, 0.2) is 0 Å². The molecule has 0 aliphatic carbocycles. The van der Waals surface area contributed by atoms with E-state index < -0.39 is 52.4 Å². The normalized spacial score (nSPS) is 18.0. The molecule has 2 amide bonds. The Kier molecular flexibility index (Phi) is 17.8. The van der Waals surface area contributed by atoms with E-state index in [-0.39, 0.29) is 29.7 Å². The minimum Gasteiger partial charge on any atom is -0.455 e. The third-order valence-corrected chi connectivity index (χ3v) is 17.7. The number of anilines is 2. The predicted octanol–water partition coefficient (Wildman–Crippen LogP) is 8.48. The number of nitrogens with one attached hydrogen (secondary N) is 3. The first-order valence-electron chi connectivity index (χ1n) is 26.5. The number of hydrogen-bond acceptors (Lipinski definition) is 15. The zero-order chi connectivity index (χ0) is 56.1. The number of sulfone groups is 1. The van der Waals surface area contributed by atoms with Crippen molar-refractivity contribution in [3.8, 4) is 11.5 Å². The van der Waals surface area contributed by atoms with Gasteiger partial charge in [-0.15, -0.1) is 0 Å². The van der Waals surface area contributed by atoms with Crippen molar-refractivity contribution in [2.75, 3.05) is 115 Å². The average molecular weight is 1150 g/mol. The van der Waals surface area contributed by atoms with E-state index in [1.165, 1.54) is 23.4 Å². The van der Waals surface area contributed by atoms with Gasteiger partial charge in [-0.25, -0.2) is 31.3 Å². The Bertz CT molecular complexity index is 3240. The van der Waals surface area contributed by atoms with Crippen molar-refractivity contribution in [3.05, 3.63) is 107 Å². The van der Waals surface area contributed by atoms with Crippen LogP contribution in [0.5, 0.6) is 11.5 Å². The molecule has 426 valence electrons. The number of carbonyl (C=O) groups is 2. The van der Waals surface area contributed by atoms with E-state index in [4.69, 9.17) is 25.8 Å². The first kappa shape index (κ1) is 57.7. The standard InChI is InChI=1S/C55H67ClF3N9O9S2/c1-54(2,3)77-53(70)68-21-14-38(15-22-68)35-66-20-16-41(47(37-66)39-5-7-42(56)8-6-39)36-65-23-25-67(26-24-65)43-9-11-46(49(32-43)76-44-31-40-13-18-61-51(40)62-34-44)52(69)63-79(73,74)45-10-12-48(50(33-45)78(71,72)55(57,58)59)60-17-4-19-64-27-29-75-30-28-64/h5-13,18,31-34,38,60H,4,14-17,19-30,35-37H2,1-3H3,(H,61,62)(H,63,69). The minimum absolute atomic E-state index is 0.0283. The Hall–Kier alpha value is -5.95. The number of alkyl halides is 3. The van der Waals surface area contributed by atoms with Crippen molar-refractivity contribution < 1.29 is 53.8 Å². The number of carbonyl (C=O) groups excluding carboxylic acids is 2. The van der Waals surface area contributed by atoms with Crippen LogP contribution in [0.15, 0.2) is 101 Å². The van der Waals surface area contributed by atoms with Gasteiger partial charge in [0.25, 0.3) is 25.8 Å².